The van der Waals surface area contributed by atoms with E-state index in [2.05, 4.69) is 9.88 Å². The summed E-state index contributed by atoms with van der Waals surface area (Å²) >= 11 is 0. The number of carbonyl (C=O) groups excluding carboxylic acids is 4. The van der Waals surface area contributed by atoms with E-state index in [4.69, 9.17) is 9.47 Å². The first-order chi connectivity index (χ1) is 27.3. The van der Waals surface area contributed by atoms with Gasteiger partial charge in [0.15, 0.2) is 0 Å². The van der Waals surface area contributed by atoms with Crippen LogP contribution in [0, 0.1) is 18.7 Å². The molecule has 13 nitrogen and oxygen atoms in total. The minimum atomic E-state index is -4.71. The second-order valence-electron chi connectivity index (χ2n) is 16.5. The summed E-state index contributed by atoms with van der Waals surface area (Å²) in [6.07, 6.45) is -5.88. The zero-order valence-corrected chi connectivity index (χ0v) is 33.1. The highest BCUT2D eigenvalue weighted by molar-refractivity contribution is 6.10. The van der Waals surface area contributed by atoms with E-state index >= 15 is 4.39 Å². The van der Waals surface area contributed by atoms with Gasteiger partial charge in [-0.3, -0.25) is 24.3 Å². The van der Waals surface area contributed by atoms with Gasteiger partial charge in [-0.15, -0.1) is 0 Å². The number of amides is 4. The van der Waals surface area contributed by atoms with E-state index in [-0.39, 0.29) is 68.6 Å². The summed E-state index contributed by atoms with van der Waals surface area (Å²) in [5.41, 5.74) is -1.24. The van der Waals surface area contributed by atoms with Crippen LogP contribution in [0.2, 0.25) is 0 Å². The third-order valence-corrected chi connectivity index (χ3v) is 11.1. The molecular formula is C41H47F4N7O6. The summed E-state index contributed by atoms with van der Waals surface area (Å²) in [6, 6.07) is 14.1. The summed E-state index contributed by atoms with van der Waals surface area (Å²) in [7, 11) is 1.46. The molecule has 2 aromatic carbocycles. The third kappa shape index (κ3) is 8.13. The number of fused-ring (bicyclic) bond motifs is 2. The lowest BCUT2D eigenvalue weighted by Gasteiger charge is -2.58. The molecule has 17 heteroatoms. The van der Waals surface area contributed by atoms with Gasteiger partial charge in [-0.2, -0.15) is 13.2 Å². The molecule has 3 saturated heterocycles. The molecule has 0 bridgehead atoms. The Balaban J connectivity index is 1.13. The Kier molecular flexibility index (Phi) is 10.8. The number of benzene rings is 2. The first-order valence-electron chi connectivity index (χ1n) is 19.2. The highest BCUT2D eigenvalue weighted by Gasteiger charge is 2.55. The number of nitrogens with zero attached hydrogens (tertiary/aromatic N) is 7. The third-order valence-electron chi connectivity index (χ3n) is 11.1. The maximum Gasteiger partial charge on any atom is 0.416 e. The fourth-order valence-corrected chi connectivity index (χ4v) is 8.45. The molecule has 4 amide bonds. The van der Waals surface area contributed by atoms with Crippen molar-refractivity contribution in [2.75, 3.05) is 74.1 Å². The molecule has 310 valence electrons. The summed E-state index contributed by atoms with van der Waals surface area (Å²) in [5.74, 6) is -2.71. The summed E-state index contributed by atoms with van der Waals surface area (Å²) in [5, 5.41) is 0. The number of rotatable bonds is 6. The van der Waals surface area contributed by atoms with Crippen molar-refractivity contribution in [2.45, 2.75) is 64.1 Å². The molecule has 3 aromatic rings. The monoisotopic (exact) mass is 809 g/mol. The van der Waals surface area contributed by atoms with E-state index in [9.17, 15) is 32.3 Å². The molecule has 1 spiro atoms. The van der Waals surface area contributed by atoms with Gasteiger partial charge in [-0.25, -0.2) is 19.0 Å². The Morgan fingerprint density at radius 1 is 0.931 bits per heavy atom. The molecule has 7 rings (SSSR count). The number of hydrogen-bond acceptors (Lipinski definition) is 9. The van der Waals surface area contributed by atoms with Crippen LogP contribution in [0.5, 0.6) is 0 Å². The van der Waals surface area contributed by atoms with Gasteiger partial charge < -0.3 is 24.2 Å². The number of hydrogen-bond donors (Lipinski definition) is 0. The van der Waals surface area contributed by atoms with Crippen LogP contribution >= 0.6 is 0 Å². The number of likely N-dealkylation sites (tertiary alicyclic amines) is 1. The fraction of sp³-hybridized carbons (Fsp3) is 0.488. The predicted molar refractivity (Wildman–Crippen MR) is 206 cm³/mol. The van der Waals surface area contributed by atoms with Gasteiger partial charge in [0.1, 0.15) is 29.9 Å². The van der Waals surface area contributed by atoms with Crippen LogP contribution < -0.4 is 14.7 Å². The SMILES string of the molecule is Cc1cc(C(F)(F)F)cc(N2C(=O)C[C@@H]3CN(CCN4CCN(C(=O)OCc5ccccc5)C5(C4)CN(C(=O)OC(C)(C)C)C5)c4c(F)cccc4N(C)C(=O)[C@H]32)n1. The average molecular weight is 810 g/mol. The van der Waals surface area contributed by atoms with Crippen LogP contribution in [0.4, 0.5) is 44.3 Å². The quantitative estimate of drug-likeness (QED) is 0.289. The van der Waals surface area contributed by atoms with Crippen molar-refractivity contribution in [3.05, 3.63) is 83.3 Å². The zero-order chi connectivity index (χ0) is 41.7. The summed E-state index contributed by atoms with van der Waals surface area (Å²) in [6.45, 7) is 8.95. The van der Waals surface area contributed by atoms with Gasteiger partial charge in [0.2, 0.25) is 11.8 Å². The number of aromatic nitrogens is 1. The molecule has 0 aliphatic carbocycles. The Hall–Kier alpha value is -5.45. The molecule has 0 radical (unpaired) electrons. The van der Waals surface area contributed by atoms with Crippen LogP contribution in [0.15, 0.2) is 60.7 Å². The number of halogens is 4. The van der Waals surface area contributed by atoms with Gasteiger partial charge in [0.05, 0.1) is 35.6 Å². The number of para-hydroxylation sites is 1. The maximum absolute atomic E-state index is 15.9. The van der Waals surface area contributed by atoms with Gasteiger partial charge in [-0.1, -0.05) is 36.4 Å². The Labute approximate surface area is 334 Å². The molecule has 1 aromatic heterocycles. The molecule has 0 unspecified atom stereocenters. The van der Waals surface area contributed by atoms with Crippen molar-refractivity contribution in [3.8, 4) is 0 Å². The van der Waals surface area contributed by atoms with Crippen molar-refractivity contribution >= 4 is 41.2 Å². The van der Waals surface area contributed by atoms with Crippen LogP contribution in [0.1, 0.15) is 44.0 Å². The number of alkyl halides is 3. The smallest absolute Gasteiger partial charge is 0.416 e. The van der Waals surface area contributed by atoms with Crippen molar-refractivity contribution < 1.29 is 46.2 Å². The molecule has 58 heavy (non-hydrogen) atoms. The zero-order valence-electron chi connectivity index (χ0n) is 33.1. The lowest BCUT2D eigenvalue weighted by molar-refractivity contribution is -0.137. The number of anilines is 3. The number of likely N-dealkylation sites (N-methyl/N-ethyl adjacent to an activating group) is 1. The Morgan fingerprint density at radius 2 is 1.66 bits per heavy atom. The topological polar surface area (TPSA) is 119 Å². The average Bonchev–Trinajstić information content (AvgIpc) is 3.47. The number of aryl methyl sites for hydroxylation is 1. The fourth-order valence-electron chi connectivity index (χ4n) is 8.45. The molecule has 3 fully saturated rings. The predicted octanol–water partition coefficient (Wildman–Crippen LogP) is 5.70. The highest BCUT2D eigenvalue weighted by Crippen LogP contribution is 2.42. The first kappa shape index (κ1) is 40.7. The highest BCUT2D eigenvalue weighted by atomic mass is 19.4. The summed E-state index contributed by atoms with van der Waals surface area (Å²) in [4.78, 5) is 68.2. The van der Waals surface area contributed by atoms with Crippen LogP contribution in [0.25, 0.3) is 0 Å². The van der Waals surface area contributed by atoms with Crippen molar-refractivity contribution in [2.24, 2.45) is 5.92 Å². The van der Waals surface area contributed by atoms with E-state index in [0.29, 0.717) is 19.6 Å². The molecule has 2 atom stereocenters. The van der Waals surface area contributed by atoms with Crippen LogP contribution in [-0.4, -0.2) is 120 Å². The van der Waals surface area contributed by atoms with Crippen LogP contribution in [0.3, 0.4) is 0 Å². The molecule has 0 saturated carbocycles. The number of pyridine rings is 1. The van der Waals surface area contributed by atoms with Crippen molar-refractivity contribution in [1.82, 2.24) is 19.7 Å². The molecule has 0 N–H and O–H groups in total. The van der Waals surface area contributed by atoms with E-state index in [0.717, 1.165) is 22.6 Å². The van der Waals surface area contributed by atoms with E-state index in [1.54, 1.807) is 41.5 Å². The normalized spacial score (nSPS) is 21.0. The largest absolute Gasteiger partial charge is 0.445 e. The van der Waals surface area contributed by atoms with Crippen molar-refractivity contribution in [3.63, 3.8) is 0 Å². The first-order valence-corrected chi connectivity index (χ1v) is 19.2. The standard InChI is InChI=1S/C41H47F4N7O6/c1-26-18-29(41(43,44)45)20-32(46-26)52-33(53)19-28-21-49(35-30(42)12-9-13-31(35)47(5)36(54)34(28)52)16-14-48-15-17-51(38(56)57-22-27-10-7-6-8-11-27)40(23-48)24-50(25-40)37(55)58-39(2,3)4/h6-13,18,20,28,34H,14-17,19,21-25H2,1-5H3/t28-,34+/m1/s1. The minimum Gasteiger partial charge on any atom is -0.445 e. The second-order valence-corrected chi connectivity index (χ2v) is 16.5. The Bertz CT molecular complexity index is 2070. The van der Waals surface area contributed by atoms with E-state index in [1.165, 1.54) is 31.0 Å². The lowest BCUT2D eigenvalue weighted by Crippen LogP contribution is -2.78. The van der Waals surface area contributed by atoms with Gasteiger partial charge in [0.25, 0.3) is 0 Å². The van der Waals surface area contributed by atoms with Gasteiger partial charge in [0, 0.05) is 64.3 Å². The number of ether oxygens (including phenoxy) is 2. The molecule has 4 aliphatic heterocycles. The number of carbonyl (C=O) groups is 4. The second kappa shape index (κ2) is 15.4. The lowest BCUT2D eigenvalue weighted by atomic mass is 9.85. The van der Waals surface area contributed by atoms with Gasteiger partial charge >= 0.3 is 18.4 Å². The van der Waals surface area contributed by atoms with Gasteiger partial charge in [-0.05, 0) is 57.5 Å². The number of piperazine rings is 1. The van der Waals surface area contributed by atoms with E-state index in [1.807, 2.05) is 30.3 Å². The Morgan fingerprint density at radius 3 is 2.34 bits per heavy atom. The van der Waals surface area contributed by atoms with Crippen LogP contribution in [-0.2, 0) is 31.8 Å². The van der Waals surface area contributed by atoms with Crippen molar-refractivity contribution in [1.29, 1.82) is 0 Å². The minimum absolute atomic E-state index is 0.0322. The molecular weight excluding hydrogens is 762 g/mol. The van der Waals surface area contributed by atoms with E-state index < -0.39 is 64.7 Å². The summed E-state index contributed by atoms with van der Waals surface area (Å²) < 4.78 is 68.9. The molecule has 4 aliphatic rings. The molecule has 5 heterocycles. The maximum atomic E-state index is 15.9.